The fourth-order valence-corrected chi connectivity index (χ4v) is 1.92. The topological polar surface area (TPSA) is 0 Å². The molecule has 0 atom stereocenters. The maximum atomic E-state index is 2.44. The van der Waals surface area contributed by atoms with Crippen LogP contribution < -0.4 is 0 Å². The molecular formula is C13H22. The molecule has 0 N–H and O–H groups in total. The predicted molar refractivity (Wildman–Crippen MR) is 59.8 cm³/mol. The van der Waals surface area contributed by atoms with Crippen LogP contribution in [0.3, 0.4) is 0 Å². The molecule has 0 amide bonds. The maximum absolute atomic E-state index is 2.44. The Bertz CT molecular complexity index is 224. The molecular weight excluding hydrogens is 156 g/mol. The molecule has 0 heteroatoms. The summed E-state index contributed by atoms with van der Waals surface area (Å²) in [6.45, 7) is 9.06. The highest BCUT2D eigenvalue weighted by Crippen LogP contribution is 2.37. The third-order valence-corrected chi connectivity index (χ3v) is 2.67. The molecule has 74 valence electrons. The molecule has 0 nitrogen and oxygen atoms in total. The van der Waals surface area contributed by atoms with Crippen LogP contribution in [-0.2, 0) is 0 Å². The van der Waals surface area contributed by atoms with Crippen LogP contribution in [0.15, 0.2) is 23.3 Å². The first-order valence-corrected chi connectivity index (χ1v) is 5.31. The third-order valence-electron chi connectivity index (χ3n) is 2.67. The molecule has 0 aromatic rings. The van der Waals surface area contributed by atoms with Crippen LogP contribution in [0.5, 0.6) is 0 Å². The van der Waals surface area contributed by atoms with Crippen LogP contribution in [0, 0.1) is 5.41 Å². The Balaban J connectivity index is 2.29. The molecule has 1 aliphatic rings. The second-order valence-corrected chi connectivity index (χ2v) is 5.23. The van der Waals surface area contributed by atoms with Crippen molar-refractivity contribution < 1.29 is 0 Å². The van der Waals surface area contributed by atoms with Gasteiger partial charge in [-0.1, -0.05) is 37.1 Å². The molecule has 13 heavy (non-hydrogen) atoms. The van der Waals surface area contributed by atoms with E-state index in [1.165, 1.54) is 31.3 Å². The maximum Gasteiger partial charge on any atom is -0.0266 e. The average Bonchev–Trinajstić information content (AvgIpc) is 2.29. The quantitative estimate of drug-likeness (QED) is 0.559. The highest BCUT2D eigenvalue weighted by atomic mass is 14.3. The fraction of sp³-hybridized carbons (Fsp3) is 0.692. The number of allylic oxidation sites excluding steroid dienone is 4. The van der Waals surface area contributed by atoms with Gasteiger partial charge in [0.2, 0.25) is 0 Å². The van der Waals surface area contributed by atoms with E-state index in [-0.39, 0.29) is 0 Å². The van der Waals surface area contributed by atoms with Crippen LogP contribution in [-0.4, -0.2) is 0 Å². The zero-order valence-electron chi connectivity index (χ0n) is 9.48. The van der Waals surface area contributed by atoms with E-state index < -0.39 is 0 Å². The lowest BCUT2D eigenvalue weighted by Gasteiger charge is -2.16. The predicted octanol–water partition coefficient (Wildman–Crippen LogP) is 4.48. The Morgan fingerprint density at radius 2 is 2.15 bits per heavy atom. The van der Waals surface area contributed by atoms with Gasteiger partial charge in [0.15, 0.2) is 0 Å². The van der Waals surface area contributed by atoms with Gasteiger partial charge in [-0.2, -0.15) is 0 Å². The van der Waals surface area contributed by atoms with E-state index in [9.17, 15) is 0 Å². The van der Waals surface area contributed by atoms with Gasteiger partial charge in [0, 0.05) is 0 Å². The number of hydrogen-bond donors (Lipinski definition) is 0. The number of hydrogen-bond acceptors (Lipinski definition) is 0. The first-order valence-electron chi connectivity index (χ1n) is 5.31. The Kier molecular flexibility index (Phi) is 3.35. The molecule has 0 unspecified atom stereocenters. The van der Waals surface area contributed by atoms with E-state index in [1.807, 2.05) is 0 Å². The van der Waals surface area contributed by atoms with E-state index >= 15 is 0 Å². The first-order chi connectivity index (χ1) is 5.99. The van der Waals surface area contributed by atoms with Crippen LogP contribution in [0.1, 0.15) is 53.4 Å². The van der Waals surface area contributed by atoms with E-state index in [0.717, 1.165) is 0 Å². The van der Waals surface area contributed by atoms with Crippen LogP contribution >= 0.6 is 0 Å². The average molecular weight is 178 g/mol. The van der Waals surface area contributed by atoms with Crippen LogP contribution in [0.25, 0.3) is 0 Å². The van der Waals surface area contributed by atoms with E-state index in [2.05, 4.69) is 39.8 Å². The summed E-state index contributed by atoms with van der Waals surface area (Å²) in [5.41, 5.74) is 3.65. The smallest absolute Gasteiger partial charge is 0.0266 e. The lowest BCUT2D eigenvalue weighted by molar-refractivity contribution is 0.391. The van der Waals surface area contributed by atoms with Gasteiger partial charge in [-0.3, -0.25) is 0 Å². The van der Waals surface area contributed by atoms with Gasteiger partial charge >= 0.3 is 0 Å². The molecule has 0 aliphatic heterocycles. The third kappa shape index (κ3) is 3.80. The monoisotopic (exact) mass is 178 g/mol. The van der Waals surface area contributed by atoms with Crippen molar-refractivity contribution >= 4 is 0 Å². The zero-order chi connectivity index (χ0) is 9.90. The van der Waals surface area contributed by atoms with Crippen molar-refractivity contribution in [3.05, 3.63) is 23.3 Å². The van der Waals surface area contributed by atoms with E-state index in [0.29, 0.717) is 5.41 Å². The summed E-state index contributed by atoms with van der Waals surface area (Å²) in [4.78, 5) is 0. The van der Waals surface area contributed by atoms with Crippen molar-refractivity contribution in [2.75, 3.05) is 0 Å². The number of rotatable bonds is 3. The van der Waals surface area contributed by atoms with Gasteiger partial charge in [0.25, 0.3) is 0 Å². The molecule has 0 saturated carbocycles. The summed E-state index contributed by atoms with van der Waals surface area (Å²) in [6.07, 6.45) is 9.87. The Morgan fingerprint density at radius 1 is 1.46 bits per heavy atom. The van der Waals surface area contributed by atoms with Gasteiger partial charge in [-0.05, 0) is 44.9 Å². The second-order valence-electron chi connectivity index (χ2n) is 5.23. The summed E-state index contributed by atoms with van der Waals surface area (Å²) >= 11 is 0. The van der Waals surface area contributed by atoms with Gasteiger partial charge < -0.3 is 0 Å². The largest absolute Gasteiger partial charge is 0.0856 e. The summed E-state index contributed by atoms with van der Waals surface area (Å²) in [7, 11) is 0. The minimum absolute atomic E-state index is 0.542. The summed E-state index contributed by atoms with van der Waals surface area (Å²) < 4.78 is 0. The fourth-order valence-electron chi connectivity index (χ4n) is 1.92. The summed E-state index contributed by atoms with van der Waals surface area (Å²) in [5, 5.41) is 0. The molecule has 0 aromatic carbocycles. The van der Waals surface area contributed by atoms with E-state index in [4.69, 9.17) is 0 Å². The minimum atomic E-state index is 0.542. The zero-order valence-corrected chi connectivity index (χ0v) is 9.48. The van der Waals surface area contributed by atoms with E-state index in [1.54, 1.807) is 5.57 Å². The minimum Gasteiger partial charge on any atom is -0.0856 e. The lowest BCUT2D eigenvalue weighted by Crippen LogP contribution is -2.04. The van der Waals surface area contributed by atoms with Crippen molar-refractivity contribution in [1.29, 1.82) is 0 Å². The molecule has 0 heterocycles. The molecule has 0 spiro atoms. The summed E-state index contributed by atoms with van der Waals surface area (Å²) in [5.74, 6) is 0. The SMILES string of the molecule is CC(C)=CCCC1=CCC(C)(C)C1. The lowest BCUT2D eigenvalue weighted by atomic mass is 9.89. The van der Waals surface area contributed by atoms with Crippen molar-refractivity contribution in [1.82, 2.24) is 0 Å². The molecule has 0 fully saturated rings. The standard InChI is InChI=1S/C13H22/c1-11(2)6-5-7-12-8-9-13(3,4)10-12/h6,8H,5,7,9-10H2,1-4H3. The highest BCUT2D eigenvalue weighted by Gasteiger charge is 2.23. The molecule has 0 radical (unpaired) electrons. The van der Waals surface area contributed by atoms with Crippen molar-refractivity contribution in [3.8, 4) is 0 Å². The molecule has 0 saturated heterocycles. The molecule has 1 aliphatic carbocycles. The second kappa shape index (κ2) is 4.13. The Morgan fingerprint density at radius 3 is 2.62 bits per heavy atom. The molecule has 0 aromatic heterocycles. The first kappa shape index (κ1) is 10.6. The highest BCUT2D eigenvalue weighted by molar-refractivity contribution is 5.14. The normalized spacial score (nSPS) is 19.8. The Labute approximate surface area is 82.7 Å². The van der Waals surface area contributed by atoms with Crippen molar-refractivity contribution in [2.24, 2.45) is 5.41 Å². The Hall–Kier alpha value is -0.520. The van der Waals surface area contributed by atoms with Gasteiger partial charge in [0.1, 0.15) is 0 Å². The van der Waals surface area contributed by atoms with Crippen LogP contribution in [0.2, 0.25) is 0 Å². The van der Waals surface area contributed by atoms with Gasteiger partial charge in [-0.25, -0.2) is 0 Å². The van der Waals surface area contributed by atoms with Crippen LogP contribution in [0.4, 0.5) is 0 Å². The molecule has 0 bridgehead atoms. The summed E-state index contributed by atoms with van der Waals surface area (Å²) in [6, 6.07) is 0. The van der Waals surface area contributed by atoms with Crippen molar-refractivity contribution in [2.45, 2.75) is 53.4 Å². The van der Waals surface area contributed by atoms with Gasteiger partial charge in [0.05, 0.1) is 0 Å². The van der Waals surface area contributed by atoms with Crippen molar-refractivity contribution in [3.63, 3.8) is 0 Å². The van der Waals surface area contributed by atoms with Gasteiger partial charge in [-0.15, -0.1) is 0 Å². The molecule has 1 rings (SSSR count).